The molecular formula is C16H27NO2. The Morgan fingerprint density at radius 2 is 1.84 bits per heavy atom. The van der Waals surface area contributed by atoms with E-state index in [1.165, 1.54) is 5.56 Å². The van der Waals surface area contributed by atoms with Crippen molar-refractivity contribution in [1.29, 1.82) is 0 Å². The van der Waals surface area contributed by atoms with E-state index in [1.54, 1.807) is 14.2 Å². The number of nitrogens with two attached hydrogens (primary N) is 1. The van der Waals surface area contributed by atoms with Crippen LogP contribution in [0, 0.1) is 12.8 Å². The second-order valence-electron chi connectivity index (χ2n) is 5.84. The van der Waals surface area contributed by atoms with E-state index in [2.05, 4.69) is 26.8 Å². The van der Waals surface area contributed by atoms with Gasteiger partial charge in [-0.2, -0.15) is 0 Å². The molecule has 3 heteroatoms. The number of benzene rings is 1. The SMILES string of the molecule is COc1ccc(C(C)(CN)CC(C)C)c(OC)c1C. The lowest BCUT2D eigenvalue weighted by Gasteiger charge is -2.32. The van der Waals surface area contributed by atoms with Gasteiger partial charge in [-0.05, 0) is 25.3 Å². The molecule has 0 saturated carbocycles. The molecule has 0 aliphatic heterocycles. The summed E-state index contributed by atoms with van der Waals surface area (Å²) in [6.07, 6.45) is 1.03. The van der Waals surface area contributed by atoms with Gasteiger partial charge in [0.15, 0.2) is 0 Å². The first kappa shape index (κ1) is 15.8. The molecule has 1 aromatic carbocycles. The topological polar surface area (TPSA) is 44.5 Å². The van der Waals surface area contributed by atoms with Crippen LogP contribution in [0.5, 0.6) is 11.5 Å². The summed E-state index contributed by atoms with van der Waals surface area (Å²) < 4.78 is 11.0. The molecule has 0 aromatic heterocycles. The lowest BCUT2D eigenvalue weighted by atomic mass is 9.75. The van der Waals surface area contributed by atoms with Gasteiger partial charge in [-0.1, -0.05) is 26.8 Å². The molecule has 3 nitrogen and oxygen atoms in total. The molecule has 108 valence electrons. The summed E-state index contributed by atoms with van der Waals surface area (Å²) in [6.45, 7) is 9.27. The maximum Gasteiger partial charge on any atom is 0.129 e. The first-order valence-electron chi connectivity index (χ1n) is 6.81. The molecule has 0 heterocycles. The monoisotopic (exact) mass is 265 g/mol. The molecule has 19 heavy (non-hydrogen) atoms. The quantitative estimate of drug-likeness (QED) is 0.858. The summed E-state index contributed by atoms with van der Waals surface area (Å²) in [6, 6.07) is 4.08. The molecule has 1 rings (SSSR count). The highest BCUT2D eigenvalue weighted by atomic mass is 16.5. The maximum absolute atomic E-state index is 6.04. The van der Waals surface area contributed by atoms with Crippen molar-refractivity contribution < 1.29 is 9.47 Å². The second kappa shape index (κ2) is 6.29. The Hall–Kier alpha value is -1.22. The Balaban J connectivity index is 3.35. The number of methoxy groups -OCH3 is 2. The van der Waals surface area contributed by atoms with Gasteiger partial charge in [-0.25, -0.2) is 0 Å². The van der Waals surface area contributed by atoms with E-state index < -0.39 is 0 Å². The molecule has 0 spiro atoms. The summed E-state index contributed by atoms with van der Waals surface area (Å²) in [5.74, 6) is 2.33. The van der Waals surface area contributed by atoms with Crippen LogP contribution in [0.3, 0.4) is 0 Å². The van der Waals surface area contributed by atoms with E-state index >= 15 is 0 Å². The molecule has 2 N–H and O–H groups in total. The Morgan fingerprint density at radius 1 is 1.21 bits per heavy atom. The standard InChI is InChI=1S/C16H27NO2/c1-11(2)9-16(4,10-17)13-7-8-14(18-5)12(3)15(13)19-6/h7-8,11H,9-10,17H2,1-6H3. The minimum atomic E-state index is -0.0729. The Labute approximate surface area is 117 Å². The van der Waals surface area contributed by atoms with Gasteiger partial charge in [-0.3, -0.25) is 0 Å². The van der Waals surface area contributed by atoms with Crippen molar-refractivity contribution in [2.24, 2.45) is 11.7 Å². The summed E-state index contributed by atoms with van der Waals surface area (Å²) >= 11 is 0. The fourth-order valence-electron chi connectivity index (χ4n) is 2.84. The van der Waals surface area contributed by atoms with Crippen molar-refractivity contribution in [2.45, 2.75) is 39.5 Å². The van der Waals surface area contributed by atoms with E-state index in [0.717, 1.165) is 23.5 Å². The Kier molecular flexibility index (Phi) is 5.24. The summed E-state index contributed by atoms with van der Waals surface area (Å²) in [5.41, 5.74) is 8.18. The van der Waals surface area contributed by atoms with E-state index in [4.69, 9.17) is 15.2 Å². The van der Waals surface area contributed by atoms with Crippen molar-refractivity contribution in [3.05, 3.63) is 23.3 Å². The highest BCUT2D eigenvalue weighted by Crippen LogP contribution is 2.40. The zero-order chi connectivity index (χ0) is 14.6. The van der Waals surface area contributed by atoms with Crippen LogP contribution in [0.25, 0.3) is 0 Å². The predicted octanol–water partition coefficient (Wildman–Crippen LogP) is 3.27. The van der Waals surface area contributed by atoms with Gasteiger partial charge < -0.3 is 15.2 Å². The van der Waals surface area contributed by atoms with Crippen molar-refractivity contribution >= 4 is 0 Å². The van der Waals surface area contributed by atoms with E-state index in [0.29, 0.717) is 12.5 Å². The minimum absolute atomic E-state index is 0.0729. The van der Waals surface area contributed by atoms with Gasteiger partial charge >= 0.3 is 0 Å². The smallest absolute Gasteiger partial charge is 0.129 e. The van der Waals surface area contributed by atoms with E-state index in [9.17, 15) is 0 Å². The van der Waals surface area contributed by atoms with Crippen LogP contribution in [0.15, 0.2) is 12.1 Å². The lowest BCUT2D eigenvalue weighted by molar-refractivity contribution is 0.341. The van der Waals surface area contributed by atoms with E-state index in [1.807, 2.05) is 13.0 Å². The molecule has 0 aliphatic carbocycles. The zero-order valence-corrected chi connectivity index (χ0v) is 13.0. The summed E-state index contributed by atoms with van der Waals surface area (Å²) in [7, 11) is 3.38. The molecule has 1 aromatic rings. The third-order valence-electron chi connectivity index (χ3n) is 3.74. The van der Waals surface area contributed by atoms with Crippen LogP contribution in [-0.4, -0.2) is 20.8 Å². The normalized spacial score (nSPS) is 14.3. The fourth-order valence-corrected chi connectivity index (χ4v) is 2.84. The average molecular weight is 265 g/mol. The predicted molar refractivity (Wildman–Crippen MR) is 80.1 cm³/mol. The van der Waals surface area contributed by atoms with Gasteiger partial charge in [0.05, 0.1) is 14.2 Å². The largest absolute Gasteiger partial charge is 0.496 e. The molecule has 1 atom stereocenters. The Morgan fingerprint density at radius 3 is 2.26 bits per heavy atom. The first-order chi connectivity index (χ1) is 8.89. The van der Waals surface area contributed by atoms with Crippen LogP contribution in [0.2, 0.25) is 0 Å². The number of ether oxygens (including phenoxy) is 2. The minimum Gasteiger partial charge on any atom is -0.496 e. The first-order valence-corrected chi connectivity index (χ1v) is 6.81. The number of hydrogen-bond donors (Lipinski definition) is 1. The maximum atomic E-state index is 6.04. The van der Waals surface area contributed by atoms with Crippen LogP contribution < -0.4 is 15.2 Å². The molecule has 0 fully saturated rings. The highest BCUT2D eigenvalue weighted by molar-refractivity contribution is 5.52. The Bertz CT molecular complexity index is 429. The third-order valence-corrected chi connectivity index (χ3v) is 3.74. The molecule has 0 radical (unpaired) electrons. The van der Waals surface area contributed by atoms with Crippen molar-refractivity contribution in [3.63, 3.8) is 0 Å². The van der Waals surface area contributed by atoms with Crippen LogP contribution in [0.4, 0.5) is 0 Å². The molecule has 0 aliphatic rings. The summed E-state index contributed by atoms with van der Waals surface area (Å²) in [5, 5.41) is 0. The van der Waals surface area contributed by atoms with Gasteiger partial charge in [0.1, 0.15) is 11.5 Å². The average Bonchev–Trinajstić information content (AvgIpc) is 2.37. The lowest BCUT2D eigenvalue weighted by Crippen LogP contribution is -2.34. The van der Waals surface area contributed by atoms with Gasteiger partial charge in [-0.15, -0.1) is 0 Å². The summed E-state index contributed by atoms with van der Waals surface area (Å²) in [4.78, 5) is 0. The molecular weight excluding hydrogens is 238 g/mol. The zero-order valence-electron chi connectivity index (χ0n) is 13.0. The molecule has 0 saturated heterocycles. The highest BCUT2D eigenvalue weighted by Gasteiger charge is 2.30. The van der Waals surface area contributed by atoms with Crippen LogP contribution in [0.1, 0.15) is 38.3 Å². The van der Waals surface area contributed by atoms with E-state index in [-0.39, 0.29) is 5.41 Å². The van der Waals surface area contributed by atoms with Gasteiger partial charge in [0.25, 0.3) is 0 Å². The van der Waals surface area contributed by atoms with Gasteiger partial charge in [0, 0.05) is 23.1 Å². The second-order valence-corrected chi connectivity index (χ2v) is 5.84. The number of rotatable bonds is 6. The third kappa shape index (κ3) is 3.21. The van der Waals surface area contributed by atoms with Gasteiger partial charge in [0.2, 0.25) is 0 Å². The van der Waals surface area contributed by atoms with Crippen LogP contribution >= 0.6 is 0 Å². The van der Waals surface area contributed by atoms with Crippen molar-refractivity contribution in [3.8, 4) is 11.5 Å². The molecule has 0 bridgehead atoms. The van der Waals surface area contributed by atoms with Crippen molar-refractivity contribution in [1.82, 2.24) is 0 Å². The van der Waals surface area contributed by atoms with Crippen LogP contribution in [-0.2, 0) is 5.41 Å². The molecule has 0 amide bonds. The van der Waals surface area contributed by atoms with Crippen molar-refractivity contribution in [2.75, 3.05) is 20.8 Å². The fraction of sp³-hybridized carbons (Fsp3) is 0.625. The number of hydrogen-bond acceptors (Lipinski definition) is 3. The molecule has 1 unspecified atom stereocenters.